The third-order valence-corrected chi connectivity index (χ3v) is 3.01. The van der Waals surface area contributed by atoms with Crippen molar-refractivity contribution in [1.29, 1.82) is 0 Å². The average molecular weight is 272 g/mol. The van der Waals surface area contributed by atoms with Gasteiger partial charge in [-0.2, -0.15) is 0 Å². The summed E-state index contributed by atoms with van der Waals surface area (Å²) in [5, 5.41) is 22.8. The first-order chi connectivity index (χ1) is 9.69. The van der Waals surface area contributed by atoms with Crippen molar-refractivity contribution in [2.75, 3.05) is 0 Å². The van der Waals surface area contributed by atoms with Crippen molar-refractivity contribution >= 4 is 5.69 Å². The molecule has 0 fully saturated rings. The molecule has 0 unspecified atom stereocenters. The van der Waals surface area contributed by atoms with Gasteiger partial charge in [-0.15, -0.1) is 0 Å². The quantitative estimate of drug-likeness (QED) is 0.625. The summed E-state index contributed by atoms with van der Waals surface area (Å²) in [6.45, 7) is 1.42. The van der Waals surface area contributed by atoms with Crippen LogP contribution < -0.4 is 5.32 Å². The van der Waals surface area contributed by atoms with Crippen LogP contribution in [0.5, 0.6) is 0 Å². The van der Waals surface area contributed by atoms with E-state index in [1.807, 2.05) is 24.3 Å². The number of aliphatic hydroxyl groups excluding tert-OH is 1. The first-order valence-corrected chi connectivity index (χ1v) is 6.32. The molecule has 0 saturated carbocycles. The Morgan fingerprint density at radius 1 is 0.900 bits per heavy atom. The van der Waals surface area contributed by atoms with Gasteiger partial charge >= 0.3 is 0 Å². The lowest BCUT2D eigenvalue weighted by atomic mass is 10.1. The van der Waals surface area contributed by atoms with E-state index in [1.165, 1.54) is 12.1 Å². The van der Waals surface area contributed by atoms with Crippen molar-refractivity contribution in [1.82, 2.24) is 5.32 Å². The summed E-state index contributed by atoms with van der Waals surface area (Å²) < 4.78 is 0. The zero-order valence-corrected chi connectivity index (χ0v) is 11.0. The van der Waals surface area contributed by atoms with Gasteiger partial charge in [-0.1, -0.05) is 36.4 Å². The van der Waals surface area contributed by atoms with Crippen LogP contribution in [0.2, 0.25) is 0 Å². The number of benzene rings is 2. The molecule has 0 aromatic heterocycles. The topological polar surface area (TPSA) is 75.4 Å². The number of non-ortho nitro benzene ring substituents is 1. The number of aliphatic hydroxyl groups is 1. The normalized spacial score (nSPS) is 10.4. The lowest BCUT2D eigenvalue weighted by Crippen LogP contribution is -2.12. The minimum Gasteiger partial charge on any atom is -0.392 e. The van der Waals surface area contributed by atoms with Crippen molar-refractivity contribution in [3.05, 3.63) is 75.3 Å². The molecule has 0 amide bonds. The molecular weight excluding hydrogens is 256 g/mol. The molecule has 0 aliphatic rings. The molecule has 0 bridgehead atoms. The molecule has 5 nitrogen and oxygen atoms in total. The number of nitrogens with one attached hydrogen (secondary N) is 1. The highest BCUT2D eigenvalue weighted by molar-refractivity contribution is 5.32. The summed E-state index contributed by atoms with van der Waals surface area (Å²) in [4.78, 5) is 10.1. The Morgan fingerprint density at radius 2 is 1.35 bits per heavy atom. The Labute approximate surface area is 117 Å². The van der Waals surface area contributed by atoms with Crippen LogP contribution in [0.4, 0.5) is 5.69 Å². The molecule has 2 aromatic rings. The standard InChI is InChI=1S/C15H16N2O3/c18-11-14-3-1-12(2-4-14)9-16-10-13-5-7-15(8-6-13)17(19)20/h1-8,16,18H,9-11H2. The van der Waals surface area contributed by atoms with Gasteiger partial charge in [0.05, 0.1) is 11.5 Å². The molecule has 0 radical (unpaired) electrons. The highest BCUT2D eigenvalue weighted by Gasteiger charge is 2.03. The van der Waals surface area contributed by atoms with E-state index >= 15 is 0 Å². The Bertz CT molecular complexity index is 565. The molecule has 104 valence electrons. The maximum absolute atomic E-state index is 10.5. The van der Waals surface area contributed by atoms with Gasteiger partial charge in [0.15, 0.2) is 0 Å². The van der Waals surface area contributed by atoms with Crippen molar-refractivity contribution in [3.63, 3.8) is 0 Å². The molecule has 0 saturated heterocycles. The smallest absolute Gasteiger partial charge is 0.269 e. The molecule has 0 aliphatic carbocycles. The van der Waals surface area contributed by atoms with Gasteiger partial charge in [0.2, 0.25) is 0 Å². The maximum atomic E-state index is 10.5. The molecule has 5 heteroatoms. The van der Waals surface area contributed by atoms with E-state index in [2.05, 4.69) is 5.32 Å². The Balaban J connectivity index is 1.84. The zero-order valence-electron chi connectivity index (χ0n) is 11.0. The van der Waals surface area contributed by atoms with Crippen LogP contribution in [-0.2, 0) is 19.7 Å². The number of nitrogens with zero attached hydrogens (tertiary/aromatic N) is 1. The van der Waals surface area contributed by atoms with E-state index in [-0.39, 0.29) is 12.3 Å². The maximum Gasteiger partial charge on any atom is 0.269 e. The second kappa shape index (κ2) is 6.79. The lowest BCUT2D eigenvalue weighted by Gasteiger charge is -2.06. The number of nitro groups is 1. The van der Waals surface area contributed by atoms with E-state index < -0.39 is 4.92 Å². The largest absolute Gasteiger partial charge is 0.392 e. The SMILES string of the molecule is O=[N+]([O-])c1ccc(CNCc2ccc(CO)cc2)cc1. The summed E-state index contributed by atoms with van der Waals surface area (Å²) in [5.74, 6) is 0. The minimum atomic E-state index is -0.403. The van der Waals surface area contributed by atoms with Gasteiger partial charge in [0.25, 0.3) is 5.69 Å². The van der Waals surface area contributed by atoms with Crippen LogP contribution in [-0.4, -0.2) is 10.0 Å². The van der Waals surface area contributed by atoms with E-state index in [4.69, 9.17) is 5.11 Å². The van der Waals surface area contributed by atoms with Crippen molar-refractivity contribution in [2.24, 2.45) is 0 Å². The summed E-state index contributed by atoms with van der Waals surface area (Å²) in [6, 6.07) is 14.2. The molecule has 2 N–H and O–H groups in total. The highest BCUT2D eigenvalue weighted by Crippen LogP contribution is 2.12. The average Bonchev–Trinajstić information content (AvgIpc) is 2.48. The predicted molar refractivity (Wildman–Crippen MR) is 76.0 cm³/mol. The third-order valence-electron chi connectivity index (χ3n) is 3.01. The molecule has 0 aliphatic heterocycles. The highest BCUT2D eigenvalue weighted by atomic mass is 16.6. The molecule has 2 aromatic carbocycles. The molecular formula is C15H16N2O3. The van der Waals surface area contributed by atoms with Crippen LogP contribution >= 0.6 is 0 Å². The zero-order chi connectivity index (χ0) is 14.4. The number of nitro benzene ring substituents is 1. The Kier molecular flexibility index (Phi) is 4.81. The number of hydrogen-bond donors (Lipinski definition) is 2. The van der Waals surface area contributed by atoms with Crippen molar-refractivity contribution in [3.8, 4) is 0 Å². The van der Waals surface area contributed by atoms with E-state index in [9.17, 15) is 10.1 Å². The van der Waals surface area contributed by atoms with E-state index in [0.717, 1.165) is 16.7 Å². The molecule has 0 spiro atoms. The Morgan fingerprint density at radius 3 is 1.80 bits per heavy atom. The van der Waals surface area contributed by atoms with E-state index in [0.29, 0.717) is 13.1 Å². The lowest BCUT2D eigenvalue weighted by molar-refractivity contribution is -0.384. The number of rotatable bonds is 6. The molecule has 20 heavy (non-hydrogen) atoms. The fraction of sp³-hybridized carbons (Fsp3) is 0.200. The monoisotopic (exact) mass is 272 g/mol. The summed E-state index contributed by atoms with van der Waals surface area (Å²) in [6.07, 6.45) is 0. The fourth-order valence-electron chi connectivity index (χ4n) is 1.85. The van der Waals surface area contributed by atoms with Gasteiger partial charge in [0, 0.05) is 25.2 Å². The predicted octanol–water partition coefficient (Wildman–Crippen LogP) is 2.38. The Hall–Kier alpha value is -2.24. The van der Waals surface area contributed by atoms with Crippen LogP contribution in [0.1, 0.15) is 16.7 Å². The van der Waals surface area contributed by atoms with Gasteiger partial charge in [-0.25, -0.2) is 0 Å². The second-order valence-electron chi connectivity index (χ2n) is 4.50. The van der Waals surface area contributed by atoms with Crippen LogP contribution in [0.25, 0.3) is 0 Å². The molecule has 0 atom stereocenters. The van der Waals surface area contributed by atoms with Crippen molar-refractivity contribution in [2.45, 2.75) is 19.7 Å². The third kappa shape index (κ3) is 3.88. The van der Waals surface area contributed by atoms with Gasteiger partial charge in [-0.3, -0.25) is 10.1 Å². The van der Waals surface area contributed by atoms with Gasteiger partial charge in [0.1, 0.15) is 0 Å². The molecule has 2 rings (SSSR count). The summed E-state index contributed by atoms with van der Waals surface area (Å²) >= 11 is 0. The number of hydrogen-bond acceptors (Lipinski definition) is 4. The molecule has 0 heterocycles. The minimum absolute atomic E-state index is 0.0521. The summed E-state index contributed by atoms with van der Waals surface area (Å²) in [5.41, 5.74) is 3.13. The summed E-state index contributed by atoms with van der Waals surface area (Å²) in [7, 11) is 0. The fourth-order valence-corrected chi connectivity index (χ4v) is 1.85. The first-order valence-electron chi connectivity index (χ1n) is 6.32. The van der Waals surface area contributed by atoms with Gasteiger partial charge in [-0.05, 0) is 16.7 Å². The first kappa shape index (κ1) is 14.2. The second-order valence-corrected chi connectivity index (χ2v) is 4.50. The van der Waals surface area contributed by atoms with Crippen LogP contribution in [0.15, 0.2) is 48.5 Å². The van der Waals surface area contributed by atoms with Crippen LogP contribution in [0, 0.1) is 10.1 Å². The van der Waals surface area contributed by atoms with Crippen LogP contribution in [0.3, 0.4) is 0 Å². The van der Waals surface area contributed by atoms with Gasteiger partial charge < -0.3 is 10.4 Å². The van der Waals surface area contributed by atoms with Crippen molar-refractivity contribution < 1.29 is 10.0 Å². The van der Waals surface area contributed by atoms with E-state index in [1.54, 1.807) is 12.1 Å².